The maximum Gasteiger partial charge on any atom is 0.244 e. The molecule has 0 aliphatic rings. The van der Waals surface area contributed by atoms with Gasteiger partial charge in [-0.2, -0.15) is 0 Å². The van der Waals surface area contributed by atoms with Crippen LogP contribution in [0.2, 0.25) is 0 Å². The first-order chi connectivity index (χ1) is 12.4. The van der Waals surface area contributed by atoms with E-state index >= 15 is 0 Å². The van der Waals surface area contributed by atoms with Crippen molar-refractivity contribution in [3.05, 3.63) is 34.8 Å². The number of aromatic nitrogens is 2. The molecule has 2 aromatic rings. The molecule has 140 valence electrons. The molecule has 8 heteroatoms. The van der Waals surface area contributed by atoms with Crippen LogP contribution in [-0.4, -0.2) is 45.3 Å². The number of rotatable bonds is 8. The maximum absolute atomic E-state index is 12.6. The number of anilines is 1. The van der Waals surface area contributed by atoms with Crippen molar-refractivity contribution < 1.29 is 9.59 Å². The SMILES string of the molecule is CC[C@H](C)N(CC(=O)Nc1cccc(C)c1C)C(=O)CSc1nncs1. The molecule has 1 heterocycles. The Bertz CT molecular complexity index is 750. The summed E-state index contributed by atoms with van der Waals surface area (Å²) in [6.07, 6.45) is 0.784. The van der Waals surface area contributed by atoms with E-state index in [2.05, 4.69) is 15.5 Å². The van der Waals surface area contributed by atoms with Crippen LogP contribution in [0.5, 0.6) is 0 Å². The van der Waals surface area contributed by atoms with E-state index < -0.39 is 0 Å². The number of hydrogen-bond acceptors (Lipinski definition) is 6. The van der Waals surface area contributed by atoms with Crippen LogP contribution in [0.1, 0.15) is 31.4 Å². The zero-order valence-corrected chi connectivity index (χ0v) is 17.1. The number of carbonyl (C=O) groups is 2. The summed E-state index contributed by atoms with van der Waals surface area (Å²) >= 11 is 2.75. The van der Waals surface area contributed by atoms with E-state index in [4.69, 9.17) is 0 Å². The normalized spacial score (nSPS) is 11.8. The fraction of sp³-hybridized carbons (Fsp3) is 0.444. The molecule has 0 fully saturated rings. The van der Waals surface area contributed by atoms with Crippen molar-refractivity contribution in [3.63, 3.8) is 0 Å². The van der Waals surface area contributed by atoms with Crippen LogP contribution in [-0.2, 0) is 9.59 Å². The largest absolute Gasteiger partial charge is 0.330 e. The van der Waals surface area contributed by atoms with Crippen LogP contribution in [0.25, 0.3) is 0 Å². The lowest BCUT2D eigenvalue weighted by atomic mass is 10.1. The molecule has 2 amide bonds. The van der Waals surface area contributed by atoms with E-state index in [1.54, 1.807) is 10.4 Å². The Labute approximate surface area is 162 Å². The van der Waals surface area contributed by atoms with Crippen LogP contribution < -0.4 is 5.32 Å². The molecule has 0 spiro atoms. The number of nitrogens with one attached hydrogen (secondary N) is 1. The molecule has 0 saturated carbocycles. The smallest absolute Gasteiger partial charge is 0.244 e. The number of hydrogen-bond donors (Lipinski definition) is 1. The molecule has 1 aromatic heterocycles. The van der Waals surface area contributed by atoms with Gasteiger partial charge in [0.1, 0.15) is 12.1 Å². The summed E-state index contributed by atoms with van der Waals surface area (Å²) in [4.78, 5) is 26.8. The van der Waals surface area contributed by atoms with E-state index in [1.807, 2.05) is 45.9 Å². The number of nitrogens with zero attached hydrogens (tertiary/aromatic N) is 3. The van der Waals surface area contributed by atoms with Crippen molar-refractivity contribution in [2.45, 2.75) is 44.5 Å². The number of amides is 2. The first-order valence-electron chi connectivity index (χ1n) is 8.46. The fourth-order valence-electron chi connectivity index (χ4n) is 2.37. The van der Waals surface area contributed by atoms with Gasteiger partial charge in [0.25, 0.3) is 0 Å². The zero-order chi connectivity index (χ0) is 19.1. The second-order valence-corrected chi connectivity index (χ2v) is 8.12. The van der Waals surface area contributed by atoms with Gasteiger partial charge in [0.05, 0.1) is 5.75 Å². The lowest BCUT2D eigenvalue weighted by molar-refractivity contribution is -0.134. The molecule has 1 aromatic carbocycles. The molecular weight excluding hydrogens is 368 g/mol. The van der Waals surface area contributed by atoms with Crippen molar-refractivity contribution in [2.24, 2.45) is 0 Å². The van der Waals surface area contributed by atoms with Crippen molar-refractivity contribution in [3.8, 4) is 0 Å². The highest BCUT2D eigenvalue weighted by Crippen LogP contribution is 2.21. The summed E-state index contributed by atoms with van der Waals surface area (Å²) < 4.78 is 0.752. The fourth-order valence-corrected chi connectivity index (χ4v) is 3.75. The average Bonchev–Trinajstić information content (AvgIpc) is 3.14. The monoisotopic (exact) mass is 392 g/mol. The van der Waals surface area contributed by atoms with Gasteiger partial charge in [-0.25, -0.2) is 0 Å². The highest BCUT2D eigenvalue weighted by molar-refractivity contribution is 8.01. The average molecular weight is 393 g/mol. The maximum atomic E-state index is 12.6. The first kappa shape index (κ1) is 20.4. The highest BCUT2D eigenvalue weighted by Gasteiger charge is 2.22. The molecule has 6 nitrogen and oxygen atoms in total. The predicted octanol–water partition coefficient (Wildman–Crippen LogP) is 3.51. The summed E-state index contributed by atoms with van der Waals surface area (Å²) in [6, 6.07) is 5.78. The Balaban J connectivity index is 2.00. The third kappa shape index (κ3) is 5.54. The van der Waals surface area contributed by atoms with Gasteiger partial charge < -0.3 is 10.2 Å². The molecule has 2 rings (SSSR count). The Morgan fingerprint density at radius 1 is 1.35 bits per heavy atom. The minimum atomic E-state index is -0.187. The van der Waals surface area contributed by atoms with Crippen LogP contribution >= 0.6 is 23.1 Å². The summed E-state index contributed by atoms with van der Waals surface area (Å²) in [5, 5.41) is 10.6. The summed E-state index contributed by atoms with van der Waals surface area (Å²) in [7, 11) is 0. The molecule has 1 N–H and O–H groups in total. The Kier molecular flexibility index (Phi) is 7.59. The third-order valence-electron chi connectivity index (χ3n) is 4.30. The zero-order valence-electron chi connectivity index (χ0n) is 15.5. The van der Waals surface area contributed by atoms with Crippen LogP contribution in [0.4, 0.5) is 5.69 Å². The molecule has 1 atom stereocenters. The molecule has 0 radical (unpaired) electrons. The van der Waals surface area contributed by atoms with Gasteiger partial charge in [0.15, 0.2) is 4.34 Å². The van der Waals surface area contributed by atoms with E-state index in [9.17, 15) is 9.59 Å². The molecule has 0 bridgehead atoms. The number of aryl methyl sites for hydroxylation is 1. The van der Waals surface area contributed by atoms with Crippen LogP contribution in [0.15, 0.2) is 28.0 Å². The lowest BCUT2D eigenvalue weighted by Crippen LogP contribution is -2.44. The van der Waals surface area contributed by atoms with Gasteiger partial charge in [-0.1, -0.05) is 42.2 Å². The summed E-state index contributed by atoms with van der Waals surface area (Å²) in [6.45, 7) is 7.98. The van der Waals surface area contributed by atoms with Crippen LogP contribution in [0, 0.1) is 13.8 Å². The number of benzene rings is 1. The quantitative estimate of drug-likeness (QED) is 0.696. The lowest BCUT2D eigenvalue weighted by Gasteiger charge is -2.28. The second kappa shape index (κ2) is 9.68. The van der Waals surface area contributed by atoms with E-state index in [-0.39, 0.29) is 30.2 Å². The molecule has 0 aliphatic heterocycles. The predicted molar refractivity (Wildman–Crippen MR) is 107 cm³/mol. The topological polar surface area (TPSA) is 75.2 Å². The minimum absolute atomic E-state index is 0.0122. The van der Waals surface area contributed by atoms with Gasteiger partial charge in [0, 0.05) is 11.7 Å². The molecule has 26 heavy (non-hydrogen) atoms. The third-order valence-corrected chi connectivity index (χ3v) is 6.14. The van der Waals surface area contributed by atoms with Gasteiger partial charge in [-0.05, 0) is 44.4 Å². The van der Waals surface area contributed by atoms with E-state index in [0.717, 1.165) is 27.6 Å². The van der Waals surface area contributed by atoms with E-state index in [1.165, 1.54) is 23.1 Å². The minimum Gasteiger partial charge on any atom is -0.330 e. The van der Waals surface area contributed by atoms with E-state index in [0.29, 0.717) is 0 Å². The van der Waals surface area contributed by atoms with Gasteiger partial charge in [0.2, 0.25) is 11.8 Å². The second-order valence-electron chi connectivity index (χ2n) is 6.07. The van der Waals surface area contributed by atoms with Crippen molar-refractivity contribution >= 4 is 40.6 Å². The Hall–Kier alpha value is -1.93. The Morgan fingerprint density at radius 2 is 2.12 bits per heavy atom. The molecule has 0 aliphatic carbocycles. The van der Waals surface area contributed by atoms with Crippen molar-refractivity contribution in [1.29, 1.82) is 0 Å². The standard InChI is InChI=1S/C18H24N4O2S2/c1-5-13(3)22(17(24)10-25-18-21-19-11-26-18)9-16(23)20-15-8-6-7-12(2)14(15)4/h6-8,11,13H,5,9-10H2,1-4H3,(H,20,23)/t13-/m0/s1. The van der Waals surface area contributed by atoms with Crippen LogP contribution in [0.3, 0.4) is 0 Å². The van der Waals surface area contributed by atoms with Crippen molar-refractivity contribution in [2.75, 3.05) is 17.6 Å². The van der Waals surface area contributed by atoms with Gasteiger partial charge >= 0.3 is 0 Å². The van der Waals surface area contributed by atoms with Gasteiger partial charge in [-0.3, -0.25) is 9.59 Å². The number of thioether (sulfide) groups is 1. The molecular formula is C18H24N4O2S2. The first-order valence-corrected chi connectivity index (χ1v) is 10.3. The Morgan fingerprint density at radius 3 is 2.77 bits per heavy atom. The van der Waals surface area contributed by atoms with Gasteiger partial charge in [-0.15, -0.1) is 10.2 Å². The molecule has 0 unspecified atom stereocenters. The summed E-state index contributed by atoms with van der Waals surface area (Å²) in [5.41, 5.74) is 4.58. The highest BCUT2D eigenvalue weighted by atomic mass is 32.2. The van der Waals surface area contributed by atoms with Crippen molar-refractivity contribution in [1.82, 2.24) is 15.1 Å². The summed E-state index contributed by atoms with van der Waals surface area (Å²) in [5.74, 6) is -0.0139. The number of carbonyl (C=O) groups excluding carboxylic acids is 2. The molecule has 0 saturated heterocycles.